The maximum absolute atomic E-state index is 13.0. The molecule has 0 amide bonds. The summed E-state index contributed by atoms with van der Waals surface area (Å²) in [5.74, 6) is -1.63. The van der Waals surface area contributed by atoms with Crippen LogP contribution in [-0.4, -0.2) is 95.9 Å². The van der Waals surface area contributed by atoms with Crippen LogP contribution in [0, 0.1) is 0 Å². The van der Waals surface area contributed by atoms with Crippen molar-refractivity contribution in [1.29, 1.82) is 0 Å². The van der Waals surface area contributed by atoms with E-state index in [2.05, 4.69) is 179 Å². The van der Waals surface area contributed by atoms with E-state index in [1.54, 1.807) is 0 Å². The first-order valence-corrected chi connectivity index (χ1v) is 39.8. The fourth-order valence-electron chi connectivity index (χ4n) is 9.23. The van der Waals surface area contributed by atoms with Crippen LogP contribution in [0.1, 0.15) is 265 Å². The summed E-state index contributed by atoms with van der Waals surface area (Å²) in [6.45, 7) is 2.27. The largest absolute Gasteiger partial charge is 0.472 e. The number of unbranched alkanes of at least 4 members (excludes halogenated alkanes) is 19. The quantitative estimate of drug-likeness (QED) is 0.0146. The molecule has 0 rings (SSSR count). The second kappa shape index (κ2) is 71.0. The molecule has 0 aliphatic rings. The summed E-state index contributed by atoms with van der Waals surface area (Å²) in [7, 11) is -9.81. The Morgan fingerprint density at radius 3 is 0.814 bits per heavy atom. The maximum atomic E-state index is 13.0. The molecule has 18 heteroatoms. The van der Waals surface area contributed by atoms with Gasteiger partial charge in [-0.15, -0.1) is 0 Å². The number of hydrogen-bond acceptors (Lipinski definition) is 14. The first-order chi connectivity index (χ1) is 47.2. The lowest BCUT2D eigenvalue weighted by atomic mass is 10.1. The summed E-state index contributed by atoms with van der Waals surface area (Å²) in [6.07, 6.45) is 87.1. The van der Waals surface area contributed by atoms with Gasteiger partial charge in [0.15, 0.2) is 6.10 Å². The fourth-order valence-corrected chi connectivity index (χ4v) is 10.8. The number of allylic oxidation sites excluding steroid dienone is 26. The van der Waals surface area contributed by atoms with E-state index in [9.17, 15) is 43.5 Å². The average molecular weight is 1400 g/mol. The third kappa shape index (κ3) is 72.2. The smallest absolute Gasteiger partial charge is 0.463 e. The van der Waals surface area contributed by atoms with E-state index in [1.165, 1.54) is 19.3 Å². The predicted octanol–water partition coefficient (Wildman–Crippen LogP) is 21.1. The molecule has 0 spiro atoms. The summed E-state index contributed by atoms with van der Waals surface area (Å²) in [6, 6.07) is 0. The van der Waals surface area contributed by atoms with Crippen LogP contribution < -0.4 is 0 Å². The van der Waals surface area contributed by atoms with E-state index in [1.807, 2.05) is 0 Å². The molecular formula is C79H130O16P2. The monoisotopic (exact) mass is 1400 g/mol. The number of phosphoric acid groups is 2. The lowest BCUT2D eigenvalue weighted by Crippen LogP contribution is -2.30. The highest BCUT2D eigenvalue weighted by Gasteiger charge is 2.29. The summed E-state index contributed by atoms with van der Waals surface area (Å²) in [5, 5.41) is 20.6. The van der Waals surface area contributed by atoms with Gasteiger partial charge in [-0.25, -0.2) is 9.13 Å². The van der Waals surface area contributed by atoms with Crippen molar-refractivity contribution in [1.82, 2.24) is 0 Å². The molecule has 0 fully saturated rings. The van der Waals surface area contributed by atoms with Crippen LogP contribution >= 0.6 is 15.6 Å². The Bertz CT molecular complexity index is 2400. The number of phosphoric ester groups is 2. The summed E-state index contributed by atoms with van der Waals surface area (Å²) >= 11 is 0. The van der Waals surface area contributed by atoms with Crippen LogP contribution in [0.2, 0.25) is 0 Å². The fraction of sp³-hybridized carbons (Fsp3) is 0.633. The molecule has 0 bridgehead atoms. The minimum absolute atomic E-state index is 0.0825. The van der Waals surface area contributed by atoms with Gasteiger partial charge in [-0.2, -0.15) is 0 Å². The van der Waals surface area contributed by atoms with Gasteiger partial charge in [0.25, 0.3) is 0 Å². The highest BCUT2D eigenvalue weighted by molar-refractivity contribution is 7.47. The molecule has 0 aromatic carbocycles. The maximum Gasteiger partial charge on any atom is 0.472 e. The predicted molar refractivity (Wildman–Crippen MR) is 399 cm³/mol. The molecule has 16 nitrogen and oxygen atoms in total. The van der Waals surface area contributed by atoms with Crippen LogP contribution in [-0.2, 0) is 55.8 Å². The zero-order valence-corrected chi connectivity index (χ0v) is 61.7. The van der Waals surface area contributed by atoms with E-state index in [0.29, 0.717) is 19.3 Å². The highest BCUT2D eigenvalue weighted by Crippen LogP contribution is 2.45. The standard InChI is InChI=1S/C79H130O16P2/c1-4-7-10-13-16-19-22-25-28-31-32-33-34-35-36-37-38-39-40-43-45-47-50-53-56-59-62-65-77(82)89-68-74(80)69-91-96(85,86)92-70-75(81)71-93-97(87,88)94-73-76(95-79(84)67-64-61-58-55-52-49-46-42-30-27-24-21-18-15-12-9-6-3)72-90-78(83)66-63-60-57-54-51-48-44-41-29-26-23-20-17-14-11-8-5-2/h7-12,16-21,25-30,32-33,35-36,38-39,44,48,74-76,80-81H,4-6,13-15,22-24,31,34,37,40-43,45-47,49-73H2,1-3H3,(H,85,86)(H,87,88)/b10-7-,11-8-,12-9-,19-16-,20-17-,21-18-,28-25-,29-26-,30-27-,33-32-,36-35-,39-38-,48-44-. The third-order valence-electron chi connectivity index (χ3n) is 14.7. The van der Waals surface area contributed by atoms with Gasteiger partial charge in [-0.1, -0.05) is 262 Å². The number of carbonyl (C=O) groups is 3. The minimum atomic E-state index is -4.94. The van der Waals surface area contributed by atoms with Gasteiger partial charge in [-0.05, 0) is 141 Å². The first kappa shape index (κ1) is 92.2. The Balaban J connectivity index is 4.62. The van der Waals surface area contributed by atoms with Gasteiger partial charge < -0.3 is 34.2 Å². The zero-order valence-electron chi connectivity index (χ0n) is 59.9. The number of carbonyl (C=O) groups excluding carboxylic acids is 3. The number of ether oxygens (including phenoxy) is 3. The van der Waals surface area contributed by atoms with Crippen LogP contribution in [0.25, 0.3) is 0 Å². The number of aliphatic hydroxyl groups is 2. The van der Waals surface area contributed by atoms with E-state index in [-0.39, 0.29) is 19.3 Å². The van der Waals surface area contributed by atoms with Gasteiger partial charge in [0, 0.05) is 19.3 Å². The lowest BCUT2D eigenvalue weighted by molar-refractivity contribution is -0.161. The van der Waals surface area contributed by atoms with Gasteiger partial charge in [-0.3, -0.25) is 32.5 Å². The van der Waals surface area contributed by atoms with Crippen molar-refractivity contribution in [2.45, 2.75) is 283 Å². The SMILES string of the molecule is CC/C=C\C/C=C\C/C=C\C/C=C\C/C=C\C/C=C\CCCCCCCCCCC(=O)OCC(O)COP(=O)(O)OCC(O)COP(=O)(O)OCC(COC(=O)CCCCCC/C=C\C/C=C\C/C=C\C/C=C\CC)OC(=O)CCCCCCCCC/C=C\C/C=C\C/C=C\CC. The Morgan fingerprint density at radius 2 is 0.515 bits per heavy atom. The molecule has 0 saturated heterocycles. The Labute approximate surface area is 587 Å². The molecule has 97 heavy (non-hydrogen) atoms. The molecule has 5 atom stereocenters. The molecule has 5 unspecified atom stereocenters. The topological polar surface area (TPSA) is 231 Å². The molecule has 4 N–H and O–H groups in total. The average Bonchev–Trinajstić information content (AvgIpc) is 1.49. The summed E-state index contributed by atoms with van der Waals surface area (Å²) < 4.78 is 61.0. The first-order valence-electron chi connectivity index (χ1n) is 36.8. The highest BCUT2D eigenvalue weighted by atomic mass is 31.2. The van der Waals surface area contributed by atoms with Crippen LogP contribution in [0.3, 0.4) is 0 Å². The second-order valence-corrected chi connectivity index (χ2v) is 26.9. The van der Waals surface area contributed by atoms with Crippen molar-refractivity contribution < 1.29 is 75.8 Å². The van der Waals surface area contributed by atoms with Gasteiger partial charge in [0.05, 0.1) is 26.4 Å². The number of esters is 3. The normalized spacial score (nSPS) is 15.0. The molecular weight excluding hydrogens is 1270 g/mol. The van der Waals surface area contributed by atoms with Crippen molar-refractivity contribution >= 4 is 33.6 Å². The van der Waals surface area contributed by atoms with Gasteiger partial charge in [0.2, 0.25) is 0 Å². The number of hydrogen-bond donors (Lipinski definition) is 4. The van der Waals surface area contributed by atoms with E-state index >= 15 is 0 Å². The third-order valence-corrected chi connectivity index (χ3v) is 16.6. The molecule has 0 saturated carbocycles. The molecule has 0 aromatic heterocycles. The lowest BCUT2D eigenvalue weighted by Gasteiger charge is -2.21. The zero-order chi connectivity index (χ0) is 70.9. The summed E-state index contributed by atoms with van der Waals surface area (Å²) in [5.41, 5.74) is 0. The molecule has 0 radical (unpaired) electrons. The molecule has 0 aromatic rings. The van der Waals surface area contributed by atoms with Crippen LogP contribution in [0.4, 0.5) is 0 Å². The van der Waals surface area contributed by atoms with Crippen molar-refractivity contribution in [2.24, 2.45) is 0 Å². The molecule has 0 aliphatic heterocycles. The Hall–Kier alpha value is -4.83. The Kier molecular flexibility index (Phi) is 67.5. The molecule has 552 valence electrons. The van der Waals surface area contributed by atoms with Gasteiger partial charge >= 0.3 is 33.6 Å². The van der Waals surface area contributed by atoms with E-state index in [4.69, 9.17) is 32.3 Å². The van der Waals surface area contributed by atoms with Crippen molar-refractivity contribution in [2.75, 3.05) is 39.6 Å². The number of aliphatic hydroxyl groups excluding tert-OH is 2. The van der Waals surface area contributed by atoms with E-state index in [0.717, 1.165) is 186 Å². The molecule has 0 heterocycles. The van der Waals surface area contributed by atoms with Crippen molar-refractivity contribution in [3.63, 3.8) is 0 Å². The van der Waals surface area contributed by atoms with Gasteiger partial charge in [0.1, 0.15) is 25.4 Å². The second-order valence-electron chi connectivity index (χ2n) is 23.9. The van der Waals surface area contributed by atoms with E-state index < -0.39 is 91.5 Å². The number of rotatable bonds is 68. The minimum Gasteiger partial charge on any atom is -0.463 e. The van der Waals surface area contributed by atoms with Crippen molar-refractivity contribution in [3.05, 3.63) is 158 Å². The van der Waals surface area contributed by atoms with Crippen LogP contribution in [0.15, 0.2) is 158 Å². The molecule has 0 aliphatic carbocycles. The van der Waals surface area contributed by atoms with Crippen molar-refractivity contribution in [3.8, 4) is 0 Å². The van der Waals surface area contributed by atoms with Crippen LogP contribution in [0.5, 0.6) is 0 Å². The summed E-state index contributed by atoms with van der Waals surface area (Å²) in [4.78, 5) is 58.5. The Morgan fingerprint density at radius 1 is 0.289 bits per heavy atom.